The summed E-state index contributed by atoms with van der Waals surface area (Å²) in [5.41, 5.74) is 13.3. The number of fused-ring (bicyclic) bond motifs is 1. The van der Waals surface area contributed by atoms with Gasteiger partial charge in [-0.05, 0) is 96.7 Å². The maximum Gasteiger partial charge on any atom is 0.165 e. The van der Waals surface area contributed by atoms with Crippen LogP contribution in [0.25, 0.3) is 5.57 Å². The van der Waals surface area contributed by atoms with Crippen molar-refractivity contribution in [2.24, 2.45) is 5.73 Å². The Morgan fingerprint density at radius 2 is 2.05 bits per heavy atom. The van der Waals surface area contributed by atoms with Gasteiger partial charge in [0.15, 0.2) is 11.6 Å². The Hall–Kier alpha value is -3.38. The molecular weight excluding hydrogens is 518 g/mol. The number of hydrogen-bond acceptors (Lipinski definition) is 4. The minimum Gasteiger partial charge on any atom is -0.493 e. The molecule has 1 fully saturated rings. The van der Waals surface area contributed by atoms with E-state index in [0.29, 0.717) is 19.4 Å². The number of nitrogens with two attached hydrogens (primary N) is 1. The molecule has 2 N–H and O–H groups in total. The van der Waals surface area contributed by atoms with E-state index < -0.39 is 0 Å². The van der Waals surface area contributed by atoms with Gasteiger partial charge in [-0.25, -0.2) is 4.39 Å². The Bertz CT molecular complexity index is 1280. The van der Waals surface area contributed by atoms with Crippen LogP contribution in [0.5, 0.6) is 5.75 Å². The van der Waals surface area contributed by atoms with Gasteiger partial charge in [-0.1, -0.05) is 43.9 Å². The van der Waals surface area contributed by atoms with Gasteiger partial charge in [0, 0.05) is 38.2 Å². The highest BCUT2D eigenvalue weighted by atomic mass is 19.1. The van der Waals surface area contributed by atoms with Gasteiger partial charge in [-0.3, -0.25) is 9.29 Å². The third-order valence-electron chi connectivity index (χ3n) is 7.88. The molecule has 0 spiro atoms. The van der Waals surface area contributed by atoms with Crippen LogP contribution >= 0.6 is 0 Å². The number of alkyl halides is 1. The first-order chi connectivity index (χ1) is 20.0. The van der Waals surface area contributed by atoms with Gasteiger partial charge in [-0.15, -0.1) is 0 Å². The van der Waals surface area contributed by atoms with E-state index in [4.69, 9.17) is 15.2 Å². The van der Waals surface area contributed by atoms with Gasteiger partial charge in [0.2, 0.25) is 0 Å². The number of allylic oxidation sites excluding steroid dienone is 12. The Morgan fingerprint density at radius 1 is 1.20 bits per heavy atom. The topological polar surface area (TPSA) is 47.7 Å². The average Bonchev–Trinajstić information content (AvgIpc) is 3.24. The van der Waals surface area contributed by atoms with E-state index in [1.807, 2.05) is 31.2 Å². The van der Waals surface area contributed by atoms with Gasteiger partial charge >= 0.3 is 0 Å². The summed E-state index contributed by atoms with van der Waals surface area (Å²) in [5.74, 6) is 0.802. The zero-order chi connectivity index (χ0) is 29.2. The lowest BCUT2D eigenvalue weighted by Gasteiger charge is -2.19. The van der Waals surface area contributed by atoms with Gasteiger partial charge in [0.05, 0.1) is 19.0 Å². The number of rotatable bonds is 12. The summed E-state index contributed by atoms with van der Waals surface area (Å²) in [6.45, 7) is 10.8. The fourth-order valence-electron chi connectivity index (χ4n) is 5.79. The molecule has 1 atom stereocenters. The molecular formula is C35H44F2N2O2. The van der Waals surface area contributed by atoms with Crippen LogP contribution in [-0.2, 0) is 4.74 Å². The van der Waals surface area contributed by atoms with Crippen molar-refractivity contribution in [3.8, 4) is 5.75 Å². The van der Waals surface area contributed by atoms with Crippen LogP contribution in [0.2, 0.25) is 0 Å². The Balaban J connectivity index is 1.74. The van der Waals surface area contributed by atoms with Crippen molar-refractivity contribution in [3.05, 3.63) is 106 Å². The molecule has 2 aliphatic carbocycles. The Morgan fingerprint density at radius 3 is 2.78 bits per heavy atom. The fourth-order valence-corrected chi connectivity index (χ4v) is 5.79. The van der Waals surface area contributed by atoms with Crippen LogP contribution in [0.4, 0.5) is 8.78 Å². The Labute approximate surface area is 244 Å². The molecule has 3 aliphatic rings. The monoisotopic (exact) mass is 562 g/mol. The third-order valence-corrected chi connectivity index (χ3v) is 7.88. The summed E-state index contributed by atoms with van der Waals surface area (Å²) < 4.78 is 39.5. The largest absolute Gasteiger partial charge is 0.493 e. The number of halogens is 2. The second-order valence-corrected chi connectivity index (χ2v) is 10.7. The molecule has 1 saturated heterocycles. The number of nitrogens with zero attached hydrogens (tertiary/aromatic N) is 1. The van der Waals surface area contributed by atoms with E-state index in [9.17, 15) is 4.39 Å². The second-order valence-electron chi connectivity index (χ2n) is 10.7. The van der Waals surface area contributed by atoms with E-state index in [1.165, 1.54) is 5.57 Å². The molecule has 1 aromatic rings. The first kappa shape index (κ1) is 30.6. The molecule has 1 aromatic carbocycles. The van der Waals surface area contributed by atoms with Crippen molar-refractivity contribution < 1.29 is 18.3 Å². The lowest BCUT2D eigenvalue weighted by Crippen LogP contribution is -2.24. The molecule has 0 aromatic heterocycles. The summed E-state index contributed by atoms with van der Waals surface area (Å²) in [5, 5.41) is 0. The minimum absolute atomic E-state index is 0.105. The van der Waals surface area contributed by atoms with Crippen LogP contribution in [0.15, 0.2) is 95.0 Å². The van der Waals surface area contributed by atoms with Crippen LogP contribution in [0.1, 0.15) is 64.4 Å². The summed E-state index contributed by atoms with van der Waals surface area (Å²) >= 11 is 0. The predicted molar refractivity (Wildman–Crippen MR) is 165 cm³/mol. The normalized spacial score (nSPS) is 20.5. The number of likely N-dealkylation sites (tertiary alicyclic amines) is 1. The highest BCUT2D eigenvalue weighted by Gasteiger charge is 2.25. The smallest absolute Gasteiger partial charge is 0.165 e. The summed E-state index contributed by atoms with van der Waals surface area (Å²) in [7, 11) is 0. The van der Waals surface area contributed by atoms with E-state index in [0.717, 1.165) is 91.1 Å². The minimum atomic E-state index is -0.363. The lowest BCUT2D eigenvalue weighted by atomic mass is 9.86. The molecule has 6 heteroatoms. The zero-order valence-corrected chi connectivity index (χ0v) is 24.6. The molecule has 0 amide bonds. The Kier molecular flexibility index (Phi) is 11.2. The van der Waals surface area contributed by atoms with Gasteiger partial charge in [0.1, 0.15) is 6.10 Å². The van der Waals surface area contributed by atoms with Crippen LogP contribution in [0.3, 0.4) is 0 Å². The number of benzene rings is 1. The summed E-state index contributed by atoms with van der Waals surface area (Å²) in [6.07, 6.45) is 18.0. The van der Waals surface area contributed by atoms with E-state index in [-0.39, 0.29) is 24.3 Å². The standard InChI is InChI=1S/C35H44F2N2O2/c1-4-25(12-16-29(5-2)41-30-19-22-39(24-30)21-8-20-36)35-31(27-13-18-34(40-6-3)33(37)23-27)10-7-9-26-11-14-28(38)15-17-32(26)35/h4,11-13,15-18,23,30H,1,5-10,14,19-22,24,38H2,2-3H3/b25-12+,29-16+/t30-/m0/s1. The molecule has 0 unspecified atom stereocenters. The number of hydrogen-bond donors (Lipinski definition) is 1. The van der Waals surface area contributed by atoms with Crippen LogP contribution < -0.4 is 10.5 Å². The van der Waals surface area contributed by atoms with Crippen molar-refractivity contribution >= 4 is 5.57 Å². The van der Waals surface area contributed by atoms with Crippen LogP contribution in [-0.4, -0.2) is 43.9 Å². The van der Waals surface area contributed by atoms with Crippen molar-refractivity contribution in [2.45, 2.75) is 64.9 Å². The third kappa shape index (κ3) is 7.88. The fraction of sp³-hybridized carbons (Fsp3) is 0.429. The highest BCUT2D eigenvalue weighted by molar-refractivity contribution is 5.82. The quantitative estimate of drug-likeness (QED) is 0.206. The van der Waals surface area contributed by atoms with Crippen molar-refractivity contribution in [3.63, 3.8) is 0 Å². The van der Waals surface area contributed by atoms with Gasteiger partial charge < -0.3 is 15.2 Å². The molecule has 0 bridgehead atoms. The first-order valence-corrected chi connectivity index (χ1v) is 15.0. The molecule has 4 nitrogen and oxygen atoms in total. The molecule has 0 saturated carbocycles. The van der Waals surface area contributed by atoms with E-state index in [1.54, 1.807) is 12.1 Å². The van der Waals surface area contributed by atoms with Gasteiger partial charge in [0.25, 0.3) is 0 Å². The molecule has 41 heavy (non-hydrogen) atoms. The summed E-state index contributed by atoms with van der Waals surface area (Å²) in [6, 6.07) is 5.26. The molecule has 220 valence electrons. The second kappa shape index (κ2) is 15.0. The van der Waals surface area contributed by atoms with E-state index >= 15 is 4.39 Å². The molecule has 0 radical (unpaired) electrons. The zero-order valence-electron chi connectivity index (χ0n) is 24.6. The van der Waals surface area contributed by atoms with E-state index in [2.05, 4.69) is 36.6 Å². The lowest BCUT2D eigenvalue weighted by molar-refractivity contribution is 0.115. The highest BCUT2D eigenvalue weighted by Crippen LogP contribution is 2.42. The molecule has 1 heterocycles. The molecule has 4 rings (SSSR count). The van der Waals surface area contributed by atoms with Gasteiger partial charge in [-0.2, -0.15) is 0 Å². The van der Waals surface area contributed by atoms with Crippen molar-refractivity contribution in [1.29, 1.82) is 0 Å². The van der Waals surface area contributed by atoms with Crippen molar-refractivity contribution in [1.82, 2.24) is 4.90 Å². The number of ether oxygens (including phenoxy) is 2. The predicted octanol–water partition coefficient (Wildman–Crippen LogP) is 8.12. The maximum absolute atomic E-state index is 15.1. The van der Waals surface area contributed by atoms with Crippen LogP contribution in [0, 0.1) is 5.82 Å². The molecule has 1 aliphatic heterocycles. The average molecular weight is 563 g/mol. The maximum atomic E-state index is 15.1. The van der Waals surface area contributed by atoms with Crippen molar-refractivity contribution in [2.75, 3.05) is 32.9 Å². The summed E-state index contributed by atoms with van der Waals surface area (Å²) in [4.78, 5) is 2.27. The SMILES string of the molecule is C=C/C(=C\C=C(/CC)O[C@H]1CCN(CCCF)C1)C1=C(c2ccc(OCC)c(F)c2)CCCC2=CCC(N)=CC=C21. The first-order valence-electron chi connectivity index (χ1n) is 15.0.